The summed E-state index contributed by atoms with van der Waals surface area (Å²) in [7, 11) is 0. The van der Waals surface area contributed by atoms with Gasteiger partial charge in [-0.25, -0.2) is 14.8 Å². The van der Waals surface area contributed by atoms with Crippen molar-refractivity contribution in [2.75, 3.05) is 31.1 Å². The first-order valence-corrected chi connectivity index (χ1v) is 7.88. The molecule has 2 fully saturated rings. The van der Waals surface area contributed by atoms with E-state index in [9.17, 15) is 4.79 Å². The zero-order valence-corrected chi connectivity index (χ0v) is 12.4. The minimum atomic E-state index is 0.0838. The van der Waals surface area contributed by atoms with Crippen LogP contribution in [0.1, 0.15) is 29.9 Å². The van der Waals surface area contributed by atoms with Gasteiger partial charge in [-0.15, -0.1) is 0 Å². The fourth-order valence-electron chi connectivity index (χ4n) is 3.75. The molecule has 112 valence electrons. The molecule has 1 atom stereocenters. The van der Waals surface area contributed by atoms with E-state index in [-0.39, 0.29) is 12.1 Å². The zero-order chi connectivity index (χ0) is 14.4. The first kappa shape index (κ1) is 12.9. The van der Waals surface area contributed by atoms with Gasteiger partial charge in [-0.2, -0.15) is 0 Å². The maximum Gasteiger partial charge on any atom is 0.317 e. The predicted octanol–water partition coefficient (Wildman–Crippen LogP) is 0.878. The summed E-state index contributed by atoms with van der Waals surface area (Å²) >= 11 is 0. The predicted molar refractivity (Wildman–Crippen MR) is 79.5 cm³/mol. The van der Waals surface area contributed by atoms with Crippen molar-refractivity contribution in [1.82, 2.24) is 20.2 Å². The van der Waals surface area contributed by atoms with Gasteiger partial charge in [0.25, 0.3) is 0 Å². The highest BCUT2D eigenvalue weighted by Gasteiger charge is 2.36. The maximum atomic E-state index is 11.7. The van der Waals surface area contributed by atoms with Gasteiger partial charge in [-0.1, -0.05) is 0 Å². The number of amides is 2. The Morgan fingerprint density at radius 3 is 2.95 bits per heavy atom. The Hall–Kier alpha value is -1.85. The van der Waals surface area contributed by atoms with E-state index in [1.807, 2.05) is 11.8 Å². The number of nitrogens with one attached hydrogen (secondary N) is 1. The van der Waals surface area contributed by atoms with Crippen molar-refractivity contribution in [3.63, 3.8) is 0 Å². The molecule has 6 nitrogen and oxygen atoms in total. The molecule has 4 rings (SSSR count). The van der Waals surface area contributed by atoms with Gasteiger partial charge in [0.05, 0.1) is 6.04 Å². The second-order valence-corrected chi connectivity index (χ2v) is 6.21. The second-order valence-electron chi connectivity index (χ2n) is 6.21. The van der Waals surface area contributed by atoms with E-state index in [0.717, 1.165) is 50.7 Å². The molecule has 2 saturated heterocycles. The first-order valence-electron chi connectivity index (χ1n) is 7.88. The minimum Gasteiger partial charge on any atom is -0.352 e. The molecule has 0 bridgehead atoms. The molecule has 1 unspecified atom stereocenters. The number of carbonyl (C=O) groups is 1. The van der Waals surface area contributed by atoms with Crippen LogP contribution in [-0.4, -0.2) is 53.1 Å². The molecule has 0 radical (unpaired) electrons. The number of anilines is 1. The number of aromatic nitrogens is 2. The van der Waals surface area contributed by atoms with Crippen molar-refractivity contribution in [2.45, 2.75) is 38.6 Å². The van der Waals surface area contributed by atoms with Crippen LogP contribution < -0.4 is 10.2 Å². The van der Waals surface area contributed by atoms with Crippen molar-refractivity contribution in [1.29, 1.82) is 0 Å². The van der Waals surface area contributed by atoms with Crippen molar-refractivity contribution in [3.05, 3.63) is 17.1 Å². The summed E-state index contributed by atoms with van der Waals surface area (Å²) in [5, 5.41) is 2.93. The highest BCUT2D eigenvalue weighted by molar-refractivity contribution is 5.77. The van der Waals surface area contributed by atoms with E-state index in [1.54, 1.807) is 0 Å². The normalized spacial score (nSPS) is 24.6. The molecule has 2 amide bonds. The van der Waals surface area contributed by atoms with Crippen LogP contribution in [0.15, 0.2) is 0 Å². The van der Waals surface area contributed by atoms with Gasteiger partial charge in [0.2, 0.25) is 0 Å². The van der Waals surface area contributed by atoms with Gasteiger partial charge >= 0.3 is 6.03 Å². The van der Waals surface area contributed by atoms with Gasteiger partial charge < -0.3 is 15.1 Å². The smallest absolute Gasteiger partial charge is 0.317 e. The van der Waals surface area contributed by atoms with Crippen LogP contribution in [0.4, 0.5) is 10.6 Å². The number of fused-ring (bicyclic) bond motifs is 2. The van der Waals surface area contributed by atoms with Crippen LogP contribution in [0.5, 0.6) is 0 Å². The molecule has 21 heavy (non-hydrogen) atoms. The quantitative estimate of drug-likeness (QED) is 0.833. The van der Waals surface area contributed by atoms with Crippen LogP contribution in [0.25, 0.3) is 0 Å². The molecule has 1 aromatic rings. The molecule has 0 saturated carbocycles. The van der Waals surface area contributed by atoms with E-state index in [4.69, 9.17) is 4.98 Å². The SMILES string of the molecule is Cc1nc2c(c(N3CCN4C(=O)NCC4C3)n1)CCCC2. The van der Waals surface area contributed by atoms with Crippen molar-refractivity contribution in [3.8, 4) is 0 Å². The van der Waals surface area contributed by atoms with Crippen LogP contribution in [0.2, 0.25) is 0 Å². The number of aryl methyl sites for hydroxylation is 2. The van der Waals surface area contributed by atoms with Crippen molar-refractivity contribution in [2.24, 2.45) is 0 Å². The average molecular weight is 287 g/mol. The summed E-state index contributed by atoms with van der Waals surface area (Å²) in [6.07, 6.45) is 4.63. The lowest BCUT2D eigenvalue weighted by Crippen LogP contribution is -2.52. The van der Waals surface area contributed by atoms with E-state index in [2.05, 4.69) is 15.2 Å². The largest absolute Gasteiger partial charge is 0.352 e. The average Bonchev–Trinajstić information content (AvgIpc) is 2.87. The third-order valence-electron chi connectivity index (χ3n) is 4.81. The van der Waals surface area contributed by atoms with Crippen molar-refractivity contribution >= 4 is 11.8 Å². The van der Waals surface area contributed by atoms with Crippen LogP contribution in [0, 0.1) is 6.92 Å². The number of rotatable bonds is 1. The lowest BCUT2D eigenvalue weighted by molar-refractivity contribution is 0.197. The summed E-state index contributed by atoms with van der Waals surface area (Å²) in [4.78, 5) is 25.4. The zero-order valence-electron chi connectivity index (χ0n) is 12.4. The summed E-state index contributed by atoms with van der Waals surface area (Å²) in [6, 6.07) is 0.362. The number of hydrogen-bond acceptors (Lipinski definition) is 4. The Balaban J connectivity index is 1.65. The lowest BCUT2D eigenvalue weighted by Gasteiger charge is -2.38. The van der Waals surface area contributed by atoms with E-state index in [1.165, 1.54) is 24.1 Å². The van der Waals surface area contributed by atoms with Gasteiger partial charge in [-0.3, -0.25) is 0 Å². The molecule has 1 aromatic heterocycles. The summed E-state index contributed by atoms with van der Waals surface area (Å²) in [5.74, 6) is 1.99. The fourth-order valence-corrected chi connectivity index (χ4v) is 3.75. The Bertz CT molecular complexity index is 588. The third kappa shape index (κ3) is 2.13. The lowest BCUT2D eigenvalue weighted by atomic mass is 9.95. The molecule has 6 heteroatoms. The molecule has 3 aliphatic rings. The summed E-state index contributed by atoms with van der Waals surface area (Å²) in [6.45, 7) is 5.26. The minimum absolute atomic E-state index is 0.0838. The molecule has 1 N–H and O–H groups in total. The number of piperazine rings is 1. The third-order valence-corrected chi connectivity index (χ3v) is 4.81. The molecule has 1 aliphatic carbocycles. The number of carbonyl (C=O) groups excluding carboxylic acids is 1. The van der Waals surface area contributed by atoms with Gasteiger partial charge in [-0.05, 0) is 32.6 Å². The standard InChI is InChI=1S/C15H21N5O/c1-10-17-13-5-3-2-4-12(13)14(18-10)19-6-7-20-11(9-19)8-16-15(20)21/h11H,2-9H2,1H3,(H,16,21). The van der Waals surface area contributed by atoms with Gasteiger partial charge in [0, 0.05) is 37.4 Å². The Morgan fingerprint density at radius 2 is 2.05 bits per heavy atom. The van der Waals surface area contributed by atoms with Crippen LogP contribution in [-0.2, 0) is 12.8 Å². The number of hydrogen-bond donors (Lipinski definition) is 1. The topological polar surface area (TPSA) is 61.4 Å². The molecule has 2 aliphatic heterocycles. The van der Waals surface area contributed by atoms with Crippen LogP contribution >= 0.6 is 0 Å². The molecule has 3 heterocycles. The maximum absolute atomic E-state index is 11.7. The van der Waals surface area contributed by atoms with Crippen LogP contribution in [0.3, 0.4) is 0 Å². The van der Waals surface area contributed by atoms with Crippen molar-refractivity contribution < 1.29 is 4.79 Å². The van der Waals surface area contributed by atoms with Gasteiger partial charge in [0.1, 0.15) is 11.6 Å². The Labute approximate surface area is 124 Å². The van der Waals surface area contributed by atoms with E-state index >= 15 is 0 Å². The number of urea groups is 1. The highest BCUT2D eigenvalue weighted by atomic mass is 16.2. The van der Waals surface area contributed by atoms with E-state index in [0.29, 0.717) is 0 Å². The summed E-state index contributed by atoms with van der Waals surface area (Å²) < 4.78 is 0. The Morgan fingerprint density at radius 1 is 1.19 bits per heavy atom. The molecular weight excluding hydrogens is 266 g/mol. The summed E-state index contributed by atoms with van der Waals surface area (Å²) in [5.41, 5.74) is 2.59. The van der Waals surface area contributed by atoms with E-state index < -0.39 is 0 Å². The molecule has 0 aromatic carbocycles. The fraction of sp³-hybridized carbons (Fsp3) is 0.667. The monoisotopic (exact) mass is 287 g/mol. The second kappa shape index (κ2) is 4.86. The number of nitrogens with zero attached hydrogens (tertiary/aromatic N) is 4. The molecular formula is C15H21N5O. The first-order chi connectivity index (χ1) is 10.2. The molecule has 0 spiro atoms. The highest BCUT2D eigenvalue weighted by Crippen LogP contribution is 2.29. The Kier molecular flexibility index (Phi) is 2.97. The van der Waals surface area contributed by atoms with Gasteiger partial charge in [0.15, 0.2) is 0 Å².